The lowest BCUT2D eigenvalue weighted by Crippen LogP contribution is -2.09. The molecule has 30 heavy (non-hydrogen) atoms. The first-order valence-corrected chi connectivity index (χ1v) is 10.5. The highest BCUT2D eigenvalue weighted by Crippen LogP contribution is 2.46. The van der Waals surface area contributed by atoms with Gasteiger partial charge < -0.3 is 0 Å². The number of rotatable bonds is 5. The first kappa shape index (κ1) is 18.4. The molecular weight excluding hydrogens is 364 g/mol. The number of hydrogen-bond donors (Lipinski definition) is 0. The minimum absolute atomic E-state index is 0.493. The second-order valence-corrected chi connectivity index (χ2v) is 7.62. The molecule has 0 bridgehead atoms. The average molecular weight is 389 g/mol. The smallest absolute Gasteiger partial charge is 0.0652 e. The molecule has 2 heteroatoms. The van der Waals surface area contributed by atoms with E-state index in [1.165, 1.54) is 22.3 Å². The van der Waals surface area contributed by atoms with Gasteiger partial charge in [0.2, 0.25) is 0 Å². The maximum atomic E-state index is 4.86. The maximum Gasteiger partial charge on any atom is 0.0652 e. The Morgan fingerprint density at radius 3 is 1.97 bits per heavy atom. The molecule has 0 amide bonds. The van der Waals surface area contributed by atoms with Crippen LogP contribution < -0.4 is 5.01 Å². The molecule has 0 heterocycles. The van der Waals surface area contributed by atoms with Gasteiger partial charge >= 0.3 is 0 Å². The van der Waals surface area contributed by atoms with E-state index in [2.05, 4.69) is 73.7 Å². The molecule has 0 N–H and O–H groups in total. The predicted octanol–water partition coefficient (Wildman–Crippen LogP) is 7.38. The Balaban J connectivity index is 1.53. The standard InChI is InChI=1S/C28H24N2/c1-2-24-25-15-9-10-16-26(25)28-19-21(17-18-27(24)28)20-29-30(22-11-5-3-6-12-22)23-13-7-4-8-14-23/h3-20,24H,2H2,1H3. The van der Waals surface area contributed by atoms with Gasteiger partial charge in [0.05, 0.1) is 17.6 Å². The first-order valence-electron chi connectivity index (χ1n) is 10.5. The molecule has 1 aliphatic carbocycles. The first-order chi connectivity index (χ1) is 14.8. The predicted molar refractivity (Wildman–Crippen MR) is 127 cm³/mol. The van der Waals surface area contributed by atoms with Gasteiger partial charge in [0, 0.05) is 5.92 Å². The zero-order valence-corrected chi connectivity index (χ0v) is 17.1. The van der Waals surface area contributed by atoms with Crippen LogP contribution in [0.5, 0.6) is 0 Å². The summed E-state index contributed by atoms with van der Waals surface area (Å²) in [5.74, 6) is 0.493. The lowest BCUT2D eigenvalue weighted by molar-refractivity contribution is 0.797. The van der Waals surface area contributed by atoms with Crippen molar-refractivity contribution in [3.05, 3.63) is 120 Å². The van der Waals surface area contributed by atoms with E-state index in [9.17, 15) is 0 Å². The summed E-state index contributed by atoms with van der Waals surface area (Å²) in [5, 5.41) is 6.85. The molecule has 0 saturated heterocycles. The number of fused-ring (bicyclic) bond motifs is 3. The van der Waals surface area contributed by atoms with E-state index in [4.69, 9.17) is 5.10 Å². The Kier molecular flexibility index (Phi) is 4.90. The summed E-state index contributed by atoms with van der Waals surface area (Å²) < 4.78 is 0. The quantitative estimate of drug-likeness (QED) is 0.257. The topological polar surface area (TPSA) is 15.6 Å². The lowest BCUT2D eigenvalue weighted by Gasteiger charge is -2.19. The third-order valence-electron chi connectivity index (χ3n) is 5.81. The molecule has 0 aromatic heterocycles. The van der Waals surface area contributed by atoms with Crippen LogP contribution in [0.15, 0.2) is 108 Å². The van der Waals surface area contributed by atoms with Crippen molar-refractivity contribution in [2.45, 2.75) is 19.3 Å². The second-order valence-electron chi connectivity index (χ2n) is 7.62. The van der Waals surface area contributed by atoms with Crippen LogP contribution in [0, 0.1) is 0 Å². The average Bonchev–Trinajstić information content (AvgIpc) is 3.14. The molecule has 0 spiro atoms. The zero-order valence-electron chi connectivity index (χ0n) is 17.1. The summed E-state index contributed by atoms with van der Waals surface area (Å²) in [5.41, 5.74) is 8.76. The molecule has 1 unspecified atom stereocenters. The van der Waals surface area contributed by atoms with Crippen LogP contribution in [0.4, 0.5) is 11.4 Å². The SMILES string of the molecule is CCC1c2ccccc2-c2cc(C=NN(c3ccccc3)c3ccccc3)ccc21. The second kappa shape index (κ2) is 8.00. The summed E-state index contributed by atoms with van der Waals surface area (Å²) in [6.07, 6.45) is 3.08. The normalized spacial score (nSPS) is 14.5. The van der Waals surface area contributed by atoms with Crippen LogP contribution in [0.1, 0.15) is 36.0 Å². The largest absolute Gasteiger partial charge is 0.234 e. The Bertz CT molecular complexity index is 1140. The molecule has 0 radical (unpaired) electrons. The van der Waals surface area contributed by atoms with E-state index in [0.29, 0.717) is 5.92 Å². The fourth-order valence-electron chi connectivity index (χ4n) is 4.39. The van der Waals surface area contributed by atoms with Crippen molar-refractivity contribution in [1.82, 2.24) is 0 Å². The van der Waals surface area contributed by atoms with Crippen LogP contribution in [-0.2, 0) is 0 Å². The van der Waals surface area contributed by atoms with Crippen molar-refractivity contribution in [3.63, 3.8) is 0 Å². The van der Waals surface area contributed by atoms with E-state index in [1.807, 2.05) is 47.6 Å². The molecule has 146 valence electrons. The van der Waals surface area contributed by atoms with Gasteiger partial charge in [-0.1, -0.05) is 79.7 Å². The summed E-state index contributed by atoms with van der Waals surface area (Å²) in [4.78, 5) is 0. The Hall–Kier alpha value is -3.65. The van der Waals surface area contributed by atoms with Crippen LogP contribution in [0.3, 0.4) is 0 Å². The van der Waals surface area contributed by atoms with Crippen molar-refractivity contribution in [2.75, 3.05) is 5.01 Å². The molecule has 4 aromatic carbocycles. The van der Waals surface area contributed by atoms with Crippen LogP contribution >= 0.6 is 0 Å². The molecule has 5 rings (SSSR count). The van der Waals surface area contributed by atoms with Crippen molar-refractivity contribution in [3.8, 4) is 11.1 Å². The highest BCUT2D eigenvalue weighted by molar-refractivity contribution is 5.87. The third-order valence-corrected chi connectivity index (χ3v) is 5.81. The van der Waals surface area contributed by atoms with Gasteiger partial charge in [-0.3, -0.25) is 0 Å². The molecule has 0 fully saturated rings. The van der Waals surface area contributed by atoms with Gasteiger partial charge in [0.25, 0.3) is 0 Å². The minimum atomic E-state index is 0.493. The Morgan fingerprint density at radius 2 is 1.30 bits per heavy atom. The number of para-hydroxylation sites is 2. The number of anilines is 2. The van der Waals surface area contributed by atoms with Gasteiger partial charge in [-0.15, -0.1) is 0 Å². The fraction of sp³-hybridized carbons (Fsp3) is 0.107. The van der Waals surface area contributed by atoms with Crippen LogP contribution in [0.25, 0.3) is 11.1 Å². The third kappa shape index (κ3) is 3.31. The molecule has 2 nitrogen and oxygen atoms in total. The lowest BCUT2D eigenvalue weighted by atomic mass is 9.94. The highest BCUT2D eigenvalue weighted by Gasteiger charge is 2.26. The molecule has 1 aliphatic rings. The van der Waals surface area contributed by atoms with Gasteiger partial charge in [0.1, 0.15) is 0 Å². The summed E-state index contributed by atoms with van der Waals surface area (Å²) in [6, 6.07) is 36.1. The minimum Gasteiger partial charge on any atom is -0.234 e. The van der Waals surface area contributed by atoms with E-state index < -0.39 is 0 Å². The zero-order chi connectivity index (χ0) is 20.3. The molecule has 4 aromatic rings. The van der Waals surface area contributed by atoms with Crippen LogP contribution in [0.2, 0.25) is 0 Å². The Morgan fingerprint density at radius 1 is 0.700 bits per heavy atom. The van der Waals surface area contributed by atoms with Gasteiger partial charge in [-0.05, 0) is 64.6 Å². The van der Waals surface area contributed by atoms with Crippen molar-refractivity contribution in [1.29, 1.82) is 0 Å². The van der Waals surface area contributed by atoms with Gasteiger partial charge in [0.15, 0.2) is 0 Å². The summed E-state index contributed by atoms with van der Waals surface area (Å²) in [7, 11) is 0. The van der Waals surface area contributed by atoms with Crippen molar-refractivity contribution >= 4 is 17.6 Å². The van der Waals surface area contributed by atoms with E-state index >= 15 is 0 Å². The van der Waals surface area contributed by atoms with E-state index in [-0.39, 0.29) is 0 Å². The van der Waals surface area contributed by atoms with Crippen molar-refractivity contribution < 1.29 is 0 Å². The number of benzene rings is 4. The van der Waals surface area contributed by atoms with Gasteiger partial charge in [-0.25, -0.2) is 5.01 Å². The Labute approximate surface area is 178 Å². The number of hydrazone groups is 1. The number of nitrogens with zero attached hydrogens (tertiary/aromatic N) is 2. The van der Waals surface area contributed by atoms with Gasteiger partial charge in [-0.2, -0.15) is 5.10 Å². The summed E-state index contributed by atoms with van der Waals surface area (Å²) in [6.45, 7) is 2.27. The van der Waals surface area contributed by atoms with Crippen molar-refractivity contribution in [2.24, 2.45) is 5.10 Å². The molecular formula is C28H24N2. The van der Waals surface area contributed by atoms with E-state index in [1.54, 1.807) is 0 Å². The highest BCUT2D eigenvalue weighted by atomic mass is 15.5. The van der Waals surface area contributed by atoms with E-state index in [0.717, 1.165) is 23.4 Å². The van der Waals surface area contributed by atoms with Crippen LogP contribution in [-0.4, -0.2) is 6.21 Å². The molecule has 1 atom stereocenters. The summed E-state index contributed by atoms with van der Waals surface area (Å²) >= 11 is 0. The molecule has 0 aliphatic heterocycles. The molecule has 0 saturated carbocycles. The maximum absolute atomic E-state index is 4.86. The number of hydrogen-bond acceptors (Lipinski definition) is 2. The fourth-order valence-corrected chi connectivity index (χ4v) is 4.39. The monoisotopic (exact) mass is 388 g/mol.